The minimum atomic E-state index is -0.596. The second-order valence-corrected chi connectivity index (χ2v) is 9.54. The number of amides is 1. The predicted molar refractivity (Wildman–Crippen MR) is 133 cm³/mol. The van der Waals surface area contributed by atoms with E-state index < -0.39 is 5.66 Å². The van der Waals surface area contributed by atoms with Gasteiger partial charge in [0, 0.05) is 24.1 Å². The fraction of sp³-hybridized carbons (Fsp3) is 0.276. The van der Waals surface area contributed by atoms with Crippen molar-refractivity contribution >= 4 is 17.7 Å². The molecule has 33 heavy (non-hydrogen) atoms. The fourth-order valence-corrected chi connectivity index (χ4v) is 5.10. The number of benzene rings is 3. The first-order chi connectivity index (χ1) is 15.9. The Morgan fingerprint density at radius 3 is 2.55 bits per heavy atom. The topological polar surface area (TPSA) is 41.6 Å². The average molecular weight is 439 g/mol. The summed E-state index contributed by atoms with van der Waals surface area (Å²) >= 11 is 0. The number of ether oxygens (including phenoxy) is 1. The molecular weight excluding hydrogens is 408 g/mol. The van der Waals surface area contributed by atoms with Crippen molar-refractivity contribution in [2.24, 2.45) is 0 Å². The molecule has 1 saturated heterocycles. The zero-order chi connectivity index (χ0) is 23.1. The van der Waals surface area contributed by atoms with Crippen molar-refractivity contribution in [1.82, 2.24) is 5.32 Å². The largest absolute Gasteiger partial charge is 0.489 e. The van der Waals surface area contributed by atoms with E-state index >= 15 is 0 Å². The van der Waals surface area contributed by atoms with Crippen LogP contribution in [0.2, 0.25) is 0 Å². The highest BCUT2D eigenvalue weighted by Crippen LogP contribution is 2.52. The maximum atomic E-state index is 12.6. The van der Waals surface area contributed by atoms with Crippen LogP contribution in [-0.2, 0) is 16.8 Å². The van der Waals surface area contributed by atoms with Gasteiger partial charge in [-0.3, -0.25) is 4.79 Å². The van der Waals surface area contributed by atoms with Crippen LogP contribution < -0.4 is 15.0 Å². The standard InChI is InChI=1S/C29H30N2O2/c1-21-9-14-26-25(19-21)28(2,3)29(30-27(32)16-18-31(26)29)17-15-22-10-12-24(13-11-22)33-20-23-7-5-4-6-8-23/h4-15,17,19H,16,18,20H2,1-3H3,(H,30,32). The van der Waals surface area contributed by atoms with Crippen molar-refractivity contribution in [1.29, 1.82) is 0 Å². The number of anilines is 1. The Morgan fingerprint density at radius 2 is 1.79 bits per heavy atom. The summed E-state index contributed by atoms with van der Waals surface area (Å²) in [6.45, 7) is 7.83. The van der Waals surface area contributed by atoms with Crippen molar-refractivity contribution in [3.8, 4) is 5.75 Å². The van der Waals surface area contributed by atoms with Gasteiger partial charge in [0.1, 0.15) is 18.0 Å². The molecule has 1 fully saturated rings. The van der Waals surface area contributed by atoms with Gasteiger partial charge in [-0.2, -0.15) is 0 Å². The molecule has 4 nitrogen and oxygen atoms in total. The van der Waals surface area contributed by atoms with Gasteiger partial charge in [0.15, 0.2) is 0 Å². The van der Waals surface area contributed by atoms with Gasteiger partial charge >= 0.3 is 0 Å². The Hall–Kier alpha value is -3.53. The quantitative estimate of drug-likeness (QED) is 0.564. The van der Waals surface area contributed by atoms with Gasteiger partial charge in [-0.1, -0.05) is 80.1 Å². The third-order valence-corrected chi connectivity index (χ3v) is 7.03. The van der Waals surface area contributed by atoms with E-state index in [4.69, 9.17) is 4.74 Å². The summed E-state index contributed by atoms with van der Waals surface area (Å²) in [5, 5.41) is 3.34. The van der Waals surface area contributed by atoms with Crippen LogP contribution in [-0.4, -0.2) is 18.1 Å². The maximum Gasteiger partial charge on any atom is 0.223 e. The molecule has 0 aromatic heterocycles. The number of fused-ring (bicyclic) bond motifs is 3. The highest BCUT2D eigenvalue weighted by molar-refractivity contribution is 5.84. The molecule has 0 radical (unpaired) electrons. The predicted octanol–water partition coefficient (Wildman–Crippen LogP) is 5.60. The van der Waals surface area contributed by atoms with E-state index in [-0.39, 0.29) is 11.3 Å². The highest BCUT2D eigenvalue weighted by Gasteiger charge is 2.57. The number of nitrogens with one attached hydrogen (secondary N) is 1. The van der Waals surface area contributed by atoms with Crippen LogP contribution in [0.1, 0.15) is 42.5 Å². The Bertz CT molecular complexity index is 1200. The Balaban J connectivity index is 1.41. The van der Waals surface area contributed by atoms with Crippen LogP contribution in [0.15, 0.2) is 78.9 Å². The number of hydrogen-bond donors (Lipinski definition) is 1. The van der Waals surface area contributed by atoms with E-state index in [1.165, 1.54) is 16.8 Å². The Kier molecular flexibility index (Phi) is 5.24. The second kappa shape index (κ2) is 8.11. The van der Waals surface area contributed by atoms with Crippen LogP contribution in [0.4, 0.5) is 5.69 Å². The third kappa shape index (κ3) is 3.70. The second-order valence-electron chi connectivity index (χ2n) is 9.54. The van der Waals surface area contributed by atoms with Gasteiger partial charge < -0.3 is 15.0 Å². The zero-order valence-electron chi connectivity index (χ0n) is 19.5. The molecule has 2 heterocycles. The average Bonchev–Trinajstić information content (AvgIpc) is 3.01. The van der Waals surface area contributed by atoms with Gasteiger partial charge in [-0.15, -0.1) is 0 Å². The monoisotopic (exact) mass is 438 g/mol. The number of hydrogen-bond acceptors (Lipinski definition) is 3. The summed E-state index contributed by atoms with van der Waals surface area (Å²) in [6.07, 6.45) is 4.78. The minimum absolute atomic E-state index is 0.0955. The van der Waals surface area contributed by atoms with Crippen LogP contribution >= 0.6 is 0 Å². The van der Waals surface area contributed by atoms with E-state index in [9.17, 15) is 4.79 Å². The van der Waals surface area contributed by atoms with Gasteiger partial charge in [0.05, 0.1) is 0 Å². The number of nitrogens with zero attached hydrogens (tertiary/aromatic N) is 1. The summed E-state index contributed by atoms with van der Waals surface area (Å²) in [5.74, 6) is 0.934. The lowest BCUT2D eigenvalue weighted by atomic mass is 9.74. The molecule has 0 spiro atoms. The number of rotatable bonds is 5. The number of carbonyl (C=O) groups is 1. The Morgan fingerprint density at radius 1 is 1.03 bits per heavy atom. The number of aryl methyl sites for hydroxylation is 1. The maximum absolute atomic E-state index is 12.6. The molecular formula is C29H30N2O2. The smallest absolute Gasteiger partial charge is 0.223 e. The van der Waals surface area contributed by atoms with Gasteiger partial charge in [-0.05, 0) is 47.9 Å². The summed E-state index contributed by atoms with van der Waals surface area (Å²) < 4.78 is 5.92. The van der Waals surface area contributed by atoms with Crippen LogP contribution in [0.5, 0.6) is 5.75 Å². The normalized spacial score (nSPS) is 20.9. The van der Waals surface area contributed by atoms with E-state index in [0.29, 0.717) is 19.6 Å². The lowest BCUT2D eigenvalue weighted by Crippen LogP contribution is -2.68. The highest BCUT2D eigenvalue weighted by atomic mass is 16.5. The first-order valence-electron chi connectivity index (χ1n) is 11.5. The third-order valence-electron chi connectivity index (χ3n) is 7.03. The van der Waals surface area contributed by atoms with Gasteiger partial charge in [0.2, 0.25) is 5.91 Å². The molecule has 0 aliphatic carbocycles. The molecule has 1 atom stereocenters. The SMILES string of the molecule is Cc1ccc2c(c1)C(C)(C)C1(C=Cc3ccc(OCc4ccccc4)cc3)NC(=O)CCN21. The molecule has 1 N–H and O–H groups in total. The summed E-state index contributed by atoms with van der Waals surface area (Å²) in [6, 6.07) is 24.9. The van der Waals surface area contributed by atoms with Crippen molar-refractivity contribution < 1.29 is 9.53 Å². The molecule has 3 aromatic carbocycles. The van der Waals surface area contributed by atoms with Crippen molar-refractivity contribution in [3.63, 3.8) is 0 Å². The molecule has 4 heteroatoms. The molecule has 0 bridgehead atoms. The number of carbonyl (C=O) groups excluding carboxylic acids is 1. The molecule has 2 aliphatic rings. The molecule has 1 unspecified atom stereocenters. The summed E-state index contributed by atoms with van der Waals surface area (Å²) in [7, 11) is 0. The van der Waals surface area contributed by atoms with E-state index in [1.54, 1.807) is 0 Å². The van der Waals surface area contributed by atoms with Crippen LogP contribution in [0.3, 0.4) is 0 Å². The fourth-order valence-electron chi connectivity index (χ4n) is 5.10. The first kappa shape index (κ1) is 21.3. The molecule has 5 rings (SSSR count). The molecule has 2 aliphatic heterocycles. The van der Waals surface area contributed by atoms with Gasteiger partial charge in [0.25, 0.3) is 0 Å². The van der Waals surface area contributed by atoms with Crippen molar-refractivity contribution in [2.45, 2.75) is 44.9 Å². The molecule has 1 amide bonds. The summed E-state index contributed by atoms with van der Waals surface area (Å²) in [4.78, 5) is 14.9. The Labute approximate surface area is 195 Å². The molecule has 3 aromatic rings. The molecule has 168 valence electrons. The van der Waals surface area contributed by atoms with E-state index in [2.05, 4.69) is 85.6 Å². The summed E-state index contributed by atoms with van der Waals surface area (Å²) in [5.41, 5.74) is 5.06. The van der Waals surface area contributed by atoms with E-state index in [1.807, 2.05) is 30.3 Å². The first-order valence-corrected chi connectivity index (χ1v) is 11.5. The van der Waals surface area contributed by atoms with Crippen molar-refractivity contribution in [3.05, 3.63) is 101 Å². The molecule has 0 saturated carbocycles. The van der Waals surface area contributed by atoms with Crippen LogP contribution in [0, 0.1) is 6.92 Å². The van der Waals surface area contributed by atoms with Crippen molar-refractivity contribution in [2.75, 3.05) is 11.4 Å². The lowest BCUT2D eigenvalue weighted by molar-refractivity contribution is -0.124. The van der Waals surface area contributed by atoms with Crippen LogP contribution in [0.25, 0.3) is 6.08 Å². The van der Waals surface area contributed by atoms with E-state index in [0.717, 1.165) is 16.9 Å². The minimum Gasteiger partial charge on any atom is -0.489 e. The lowest BCUT2D eigenvalue weighted by Gasteiger charge is -2.49. The van der Waals surface area contributed by atoms with Gasteiger partial charge in [-0.25, -0.2) is 0 Å². The zero-order valence-corrected chi connectivity index (χ0v) is 19.5.